The van der Waals surface area contributed by atoms with E-state index in [1.807, 2.05) is 48.8 Å². The van der Waals surface area contributed by atoms with Crippen molar-refractivity contribution in [3.05, 3.63) is 72.1 Å². The molecule has 1 fully saturated rings. The number of nitrogens with one attached hydrogen (secondary N) is 4. The molecule has 1 amide bonds. The van der Waals surface area contributed by atoms with Crippen molar-refractivity contribution in [2.45, 2.75) is 12.1 Å². The highest BCUT2D eigenvalue weighted by Crippen LogP contribution is 2.31. The zero-order valence-corrected chi connectivity index (χ0v) is 13.5. The van der Waals surface area contributed by atoms with Crippen LogP contribution < -0.4 is 10.6 Å². The number of hydrogen-bond acceptors (Lipinski definition) is 2. The van der Waals surface area contributed by atoms with Crippen LogP contribution in [-0.2, 0) is 4.79 Å². The summed E-state index contributed by atoms with van der Waals surface area (Å²) in [5, 5.41) is 8.87. The number of benzene rings is 2. The van der Waals surface area contributed by atoms with Gasteiger partial charge in [0.05, 0.1) is 6.04 Å². The first-order valence-corrected chi connectivity index (χ1v) is 8.47. The van der Waals surface area contributed by atoms with Crippen LogP contribution in [0.5, 0.6) is 0 Å². The van der Waals surface area contributed by atoms with Crippen molar-refractivity contribution in [3.8, 4) is 0 Å². The van der Waals surface area contributed by atoms with Crippen molar-refractivity contribution >= 4 is 27.7 Å². The van der Waals surface area contributed by atoms with Crippen molar-refractivity contribution in [1.82, 2.24) is 20.6 Å². The number of piperazine rings is 1. The minimum absolute atomic E-state index is 0.0147. The Kier molecular flexibility index (Phi) is 3.15. The third-order valence-electron chi connectivity index (χ3n) is 5.04. The van der Waals surface area contributed by atoms with E-state index in [0.717, 1.165) is 22.0 Å². The van der Waals surface area contributed by atoms with Crippen LogP contribution in [0, 0.1) is 0 Å². The summed E-state index contributed by atoms with van der Waals surface area (Å²) in [6.07, 6.45) is 3.96. The molecule has 2 aromatic carbocycles. The smallest absolute Gasteiger partial charge is 0.241 e. The van der Waals surface area contributed by atoms with Gasteiger partial charge in [-0.25, -0.2) is 0 Å². The fourth-order valence-corrected chi connectivity index (χ4v) is 3.79. The van der Waals surface area contributed by atoms with Gasteiger partial charge in [0, 0.05) is 46.3 Å². The van der Waals surface area contributed by atoms with Crippen molar-refractivity contribution in [2.24, 2.45) is 0 Å². The normalized spacial score (nSPS) is 20.9. The monoisotopic (exact) mass is 330 g/mol. The number of amides is 1. The first kappa shape index (κ1) is 14.3. The SMILES string of the molecule is O=C1NC[C@H](c2c[nH]c3ccccc23)N[C@@H]1c1c[nH]c2ccccc12. The lowest BCUT2D eigenvalue weighted by atomic mass is 9.98. The Morgan fingerprint density at radius 2 is 1.40 bits per heavy atom. The molecule has 0 saturated carbocycles. The van der Waals surface area contributed by atoms with Gasteiger partial charge >= 0.3 is 0 Å². The summed E-state index contributed by atoms with van der Waals surface area (Å²) in [6.45, 7) is 0.583. The molecule has 0 spiro atoms. The Balaban J connectivity index is 1.54. The second kappa shape index (κ2) is 5.50. The van der Waals surface area contributed by atoms with Crippen molar-refractivity contribution in [2.75, 3.05) is 6.54 Å². The summed E-state index contributed by atoms with van der Waals surface area (Å²) in [6, 6.07) is 16.0. The minimum atomic E-state index is -0.372. The Morgan fingerprint density at radius 1 is 0.800 bits per heavy atom. The molecular formula is C20H18N4O. The lowest BCUT2D eigenvalue weighted by Crippen LogP contribution is -2.49. The number of aromatic amines is 2. The highest BCUT2D eigenvalue weighted by Gasteiger charge is 2.32. The van der Waals surface area contributed by atoms with Gasteiger partial charge in [0.25, 0.3) is 0 Å². The summed E-state index contributed by atoms with van der Waals surface area (Å²) < 4.78 is 0. The molecule has 124 valence electrons. The Labute approximate surface area is 144 Å². The van der Waals surface area contributed by atoms with Gasteiger partial charge in [-0.3, -0.25) is 10.1 Å². The van der Waals surface area contributed by atoms with E-state index in [2.05, 4.69) is 32.7 Å². The quantitative estimate of drug-likeness (QED) is 0.456. The molecule has 2 atom stereocenters. The van der Waals surface area contributed by atoms with E-state index in [4.69, 9.17) is 0 Å². The van der Waals surface area contributed by atoms with Crippen LogP contribution in [0.15, 0.2) is 60.9 Å². The Morgan fingerprint density at radius 3 is 2.12 bits per heavy atom. The van der Waals surface area contributed by atoms with Crippen LogP contribution >= 0.6 is 0 Å². The Bertz CT molecular complexity index is 1080. The predicted octanol–water partition coefficient (Wildman–Crippen LogP) is 3.15. The van der Waals surface area contributed by atoms with E-state index in [1.54, 1.807) is 0 Å². The second-order valence-electron chi connectivity index (χ2n) is 6.48. The molecule has 5 rings (SSSR count). The predicted molar refractivity (Wildman–Crippen MR) is 98.2 cm³/mol. The van der Waals surface area contributed by atoms with Gasteiger partial charge in [-0.2, -0.15) is 0 Å². The van der Waals surface area contributed by atoms with Gasteiger partial charge in [-0.15, -0.1) is 0 Å². The highest BCUT2D eigenvalue weighted by molar-refractivity contribution is 5.92. The fourth-order valence-electron chi connectivity index (χ4n) is 3.79. The number of carbonyl (C=O) groups is 1. The third kappa shape index (κ3) is 2.24. The van der Waals surface area contributed by atoms with Gasteiger partial charge in [0.1, 0.15) is 6.04 Å². The van der Waals surface area contributed by atoms with Gasteiger partial charge in [-0.1, -0.05) is 36.4 Å². The molecule has 0 bridgehead atoms. The van der Waals surface area contributed by atoms with Crippen LogP contribution in [-0.4, -0.2) is 22.4 Å². The molecule has 4 aromatic rings. The van der Waals surface area contributed by atoms with Crippen LogP contribution in [0.25, 0.3) is 21.8 Å². The first-order chi connectivity index (χ1) is 12.3. The van der Waals surface area contributed by atoms with Gasteiger partial charge in [0.2, 0.25) is 5.91 Å². The molecule has 2 aromatic heterocycles. The van der Waals surface area contributed by atoms with E-state index < -0.39 is 0 Å². The zero-order valence-electron chi connectivity index (χ0n) is 13.5. The summed E-state index contributed by atoms with van der Waals surface area (Å²) in [5.41, 5.74) is 4.32. The maximum Gasteiger partial charge on any atom is 0.241 e. The van der Waals surface area contributed by atoms with E-state index in [0.29, 0.717) is 6.54 Å². The lowest BCUT2D eigenvalue weighted by Gasteiger charge is -2.31. The molecule has 4 N–H and O–H groups in total. The molecule has 1 aliphatic heterocycles. The molecule has 0 radical (unpaired) electrons. The van der Waals surface area contributed by atoms with Crippen LogP contribution in [0.1, 0.15) is 23.2 Å². The van der Waals surface area contributed by atoms with Crippen LogP contribution in [0.4, 0.5) is 0 Å². The second-order valence-corrected chi connectivity index (χ2v) is 6.48. The molecule has 0 aliphatic carbocycles. The average molecular weight is 330 g/mol. The number of H-pyrrole nitrogens is 2. The maximum absolute atomic E-state index is 12.5. The molecule has 1 saturated heterocycles. The molecule has 0 unspecified atom stereocenters. The van der Waals surface area contributed by atoms with E-state index in [-0.39, 0.29) is 18.0 Å². The van der Waals surface area contributed by atoms with Crippen molar-refractivity contribution < 1.29 is 4.79 Å². The molecule has 25 heavy (non-hydrogen) atoms. The molecule has 1 aliphatic rings. The first-order valence-electron chi connectivity index (χ1n) is 8.47. The van der Waals surface area contributed by atoms with E-state index >= 15 is 0 Å². The van der Waals surface area contributed by atoms with E-state index in [1.165, 1.54) is 10.9 Å². The molecule has 3 heterocycles. The van der Waals surface area contributed by atoms with Gasteiger partial charge in [0.15, 0.2) is 0 Å². The number of para-hydroxylation sites is 2. The maximum atomic E-state index is 12.5. The zero-order chi connectivity index (χ0) is 16.8. The summed E-state index contributed by atoms with van der Waals surface area (Å²) >= 11 is 0. The molecule has 5 nitrogen and oxygen atoms in total. The topological polar surface area (TPSA) is 72.7 Å². The van der Waals surface area contributed by atoms with Crippen molar-refractivity contribution in [3.63, 3.8) is 0 Å². The van der Waals surface area contributed by atoms with E-state index in [9.17, 15) is 4.79 Å². The standard InChI is InChI=1S/C20H18N4O/c25-20-19(15-10-22-17-8-4-2-6-13(15)17)24-18(11-23-20)14-9-21-16-7-3-1-5-12(14)16/h1-10,18-19,21-22,24H,11H2,(H,23,25)/t18-,19-/m1/s1. The fraction of sp³-hybridized carbons (Fsp3) is 0.150. The largest absolute Gasteiger partial charge is 0.361 e. The summed E-state index contributed by atoms with van der Waals surface area (Å²) in [7, 11) is 0. The van der Waals surface area contributed by atoms with Gasteiger partial charge < -0.3 is 15.3 Å². The van der Waals surface area contributed by atoms with Crippen molar-refractivity contribution in [1.29, 1.82) is 0 Å². The third-order valence-corrected chi connectivity index (χ3v) is 5.04. The number of carbonyl (C=O) groups excluding carboxylic acids is 1. The molecular weight excluding hydrogens is 312 g/mol. The lowest BCUT2D eigenvalue weighted by molar-refractivity contribution is -0.125. The number of aromatic nitrogens is 2. The Hall–Kier alpha value is -3.05. The number of fused-ring (bicyclic) bond motifs is 2. The molecule has 5 heteroatoms. The van der Waals surface area contributed by atoms with Crippen LogP contribution in [0.3, 0.4) is 0 Å². The average Bonchev–Trinajstić information content (AvgIpc) is 3.26. The number of hydrogen-bond donors (Lipinski definition) is 4. The minimum Gasteiger partial charge on any atom is -0.361 e. The number of rotatable bonds is 2. The summed E-state index contributed by atoms with van der Waals surface area (Å²) in [5.74, 6) is 0.0147. The van der Waals surface area contributed by atoms with Gasteiger partial charge in [-0.05, 0) is 17.7 Å². The highest BCUT2D eigenvalue weighted by atomic mass is 16.2. The van der Waals surface area contributed by atoms with Crippen LogP contribution in [0.2, 0.25) is 0 Å². The summed E-state index contributed by atoms with van der Waals surface area (Å²) in [4.78, 5) is 19.1.